The van der Waals surface area contributed by atoms with Gasteiger partial charge in [0, 0.05) is 36.5 Å². The number of carbonyl (C=O) groups is 1. The van der Waals surface area contributed by atoms with E-state index in [9.17, 15) is 14.9 Å². The van der Waals surface area contributed by atoms with Crippen LogP contribution in [0.25, 0.3) is 11.4 Å². The number of nitro benzene ring substituents is 1. The molecule has 1 aromatic carbocycles. The number of amides is 1. The summed E-state index contributed by atoms with van der Waals surface area (Å²) in [7, 11) is 1.80. The maximum Gasteiger partial charge on any atom is 0.271 e. The Hall–Kier alpha value is -2.35. The summed E-state index contributed by atoms with van der Waals surface area (Å²) >= 11 is 1.85. The van der Waals surface area contributed by atoms with Crippen LogP contribution in [0.1, 0.15) is 16.9 Å². The van der Waals surface area contributed by atoms with Crippen molar-refractivity contribution >= 4 is 23.4 Å². The van der Waals surface area contributed by atoms with E-state index in [2.05, 4.69) is 9.97 Å². The van der Waals surface area contributed by atoms with Gasteiger partial charge < -0.3 is 9.88 Å². The number of benzene rings is 1. The zero-order valence-corrected chi connectivity index (χ0v) is 13.4. The minimum Gasteiger partial charge on any atom is -0.337 e. The third-order valence-corrected chi connectivity index (χ3v) is 5.06. The second-order valence-electron chi connectivity index (χ2n) is 5.39. The molecule has 1 fully saturated rings. The van der Waals surface area contributed by atoms with Crippen molar-refractivity contribution < 1.29 is 9.72 Å². The average molecular weight is 332 g/mol. The molecule has 0 aliphatic carbocycles. The summed E-state index contributed by atoms with van der Waals surface area (Å²) in [6.07, 6.45) is 2.48. The van der Waals surface area contributed by atoms with Crippen molar-refractivity contribution in [1.82, 2.24) is 14.9 Å². The number of hydrogen-bond acceptors (Lipinski definition) is 5. The second-order valence-corrected chi connectivity index (χ2v) is 6.54. The zero-order chi connectivity index (χ0) is 16.4. The predicted molar refractivity (Wildman–Crippen MR) is 88.5 cm³/mol. The standard InChI is InChI=1S/C15H16N4O3S/c1-18(12-5-6-23-9-12)15(20)13-8-16-14(17-13)10-3-2-4-11(7-10)19(21)22/h2-4,7-8,12H,5-6,9H2,1H3,(H,16,17)/t12-/m1/s1. The first-order valence-corrected chi connectivity index (χ1v) is 8.36. The number of nitrogens with zero attached hydrogens (tertiary/aromatic N) is 3. The number of thioether (sulfide) groups is 1. The Morgan fingerprint density at radius 3 is 3.04 bits per heavy atom. The first-order chi connectivity index (χ1) is 11.1. The van der Waals surface area contributed by atoms with Gasteiger partial charge in [-0.25, -0.2) is 4.98 Å². The molecule has 0 saturated carbocycles. The van der Waals surface area contributed by atoms with Gasteiger partial charge >= 0.3 is 0 Å². The van der Waals surface area contributed by atoms with Crippen molar-refractivity contribution in [2.75, 3.05) is 18.6 Å². The molecule has 2 aromatic rings. The number of carbonyl (C=O) groups excluding carboxylic acids is 1. The van der Waals surface area contributed by atoms with E-state index in [1.807, 2.05) is 11.8 Å². The lowest BCUT2D eigenvalue weighted by atomic mass is 10.2. The Morgan fingerprint density at radius 2 is 2.35 bits per heavy atom. The highest BCUT2D eigenvalue weighted by Gasteiger charge is 2.25. The number of hydrogen-bond donors (Lipinski definition) is 1. The molecular formula is C15H16N4O3S. The predicted octanol–water partition coefficient (Wildman–Crippen LogP) is 2.56. The monoisotopic (exact) mass is 332 g/mol. The van der Waals surface area contributed by atoms with E-state index in [-0.39, 0.29) is 17.6 Å². The maximum atomic E-state index is 12.5. The summed E-state index contributed by atoms with van der Waals surface area (Å²) in [6, 6.07) is 6.42. The van der Waals surface area contributed by atoms with Crippen LogP contribution in [0.3, 0.4) is 0 Å². The van der Waals surface area contributed by atoms with Crippen molar-refractivity contribution in [2.24, 2.45) is 0 Å². The van der Waals surface area contributed by atoms with Gasteiger partial charge in [-0.15, -0.1) is 0 Å². The Bertz CT molecular complexity index is 740. The number of H-pyrrole nitrogens is 1. The molecule has 1 aliphatic rings. The van der Waals surface area contributed by atoms with E-state index in [0.29, 0.717) is 17.1 Å². The van der Waals surface area contributed by atoms with Crippen LogP contribution in [0.4, 0.5) is 5.69 Å². The van der Waals surface area contributed by atoms with Gasteiger partial charge in [0.1, 0.15) is 11.5 Å². The SMILES string of the molecule is CN(C(=O)c1cnc(-c2cccc([N+](=O)[O-])c2)[nH]1)[C@@H]1CCSC1. The third kappa shape index (κ3) is 3.21. The lowest BCUT2D eigenvalue weighted by Gasteiger charge is -2.22. The minimum absolute atomic E-state index is 0.00752. The number of imidazole rings is 1. The Kier molecular flexibility index (Phi) is 4.33. The largest absolute Gasteiger partial charge is 0.337 e. The van der Waals surface area contributed by atoms with Crippen molar-refractivity contribution in [3.05, 3.63) is 46.3 Å². The quantitative estimate of drug-likeness (QED) is 0.686. The van der Waals surface area contributed by atoms with E-state index in [1.165, 1.54) is 18.3 Å². The third-order valence-electron chi connectivity index (χ3n) is 3.91. The number of aromatic amines is 1. The molecule has 1 saturated heterocycles. The summed E-state index contributed by atoms with van der Waals surface area (Å²) in [4.78, 5) is 31.8. The highest BCUT2D eigenvalue weighted by Crippen LogP contribution is 2.24. The molecule has 0 bridgehead atoms. The molecule has 3 rings (SSSR count). The molecule has 2 heterocycles. The van der Waals surface area contributed by atoms with E-state index in [0.717, 1.165) is 17.9 Å². The number of nitrogens with one attached hydrogen (secondary N) is 1. The van der Waals surface area contributed by atoms with Gasteiger partial charge in [-0.05, 0) is 12.2 Å². The smallest absolute Gasteiger partial charge is 0.271 e. The van der Waals surface area contributed by atoms with E-state index >= 15 is 0 Å². The molecule has 0 radical (unpaired) electrons. The first-order valence-electron chi connectivity index (χ1n) is 7.21. The Balaban J connectivity index is 1.81. The fourth-order valence-corrected chi connectivity index (χ4v) is 3.79. The fourth-order valence-electron chi connectivity index (χ4n) is 2.53. The molecule has 1 amide bonds. The summed E-state index contributed by atoms with van der Waals surface area (Å²) in [5, 5.41) is 10.8. The van der Waals surface area contributed by atoms with Crippen LogP contribution in [-0.2, 0) is 0 Å². The lowest BCUT2D eigenvalue weighted by molar-refractivity contribution is -0.384. The highest BCUT2D eigenvalue weighted by atomic mass is 32.2. The van der Waals surface area contributed by atoms with Crippen LogP contribution in [0, 0.1) is 10.1 Å². The minimum atomic E-state index is -0.454. The normalized spacial score (nSPS) is 17.2. The molecule has 0 unspecified atom stereocenters. The van der Waals surface area contributed by atoms with Crippen LogP contribution in [0.15, 0.2) is 30.5 Å². The van der Waals surface area contributed by atoms with E-state index in [4.69, 9.17) is 0 Å². The van der Waals surface area contributed by atoms with Crippen LogP contribution in [0.5, 0.6) is 0 Å². The topological polar surface area (TPSA) is 92.1 Å². The van der Waals surface area contributed by atoms with Gasteiger partial charge in [-0.1, -0.05) is 12.1 Å². The van der Waals surface area contributed by atoms with Gasteiger partial charge in [0.2, 0.25) is 0 Å². The van der Waals surface area contributed by atoms with Gasteiger partial charge in [-0.3, -0.25) is 14.9 Å². The summed E-state index contributed by atoms with van der Waals surface area (Å²) in [5.74, 6) is 2.37. The molecule has 1 atom stereocenters. The second kappa shape index (κ2) is 6.41. The molecule has 0 spiro atoms. The molecule has 23 heavy (non-hydrogen) atoms. The van der Waals surface area contributed by atoms with Crippen molar-refractivity contribution in [3.63, 3.8) is 0 Å². The zero-order valence-electron chi connectivity index (χ0n) is 12.6. The molecule has 1 N–H and O–H groups in total. The van der Waals surface area contributed by atoms with Crippen LogP contribution in [0.2, 0.25) is 0 Å². The maximum absolute atomic E-state index is 12.5. The van der Waals surface area contributed by atoms with Crippen LogP contribution < -0.4 is 0 Å². The summed E-state index contributed by atoms with van der Waals surface area (Å²) in [6.45, 7) is 0. The summed E-state index contributed by atoms with van der Waals surface area (Å²) in [5.41, 5.74) is 0.968. The van der Waals surface area contributed by atoms with Crippen LogP contribution >= 0.6 is 11.8 Å². The summed E-state index contributed by atoms with van der Waals surface area (Å²) < 4.78 is 0. The van der Waals surface area contributed by atoms with Crippen molar-refractivity contribution in [1.29, 1.82) is 0 Å². The number of rotatable bonds is 4. The molecule has 120 valence electrons. The van der Waals surface area contributed by atoms with Gasteiger partial charge in [0.05, 0.1) is 11.1 Å². The number of non-ortho nitro benzene ring substituents is 1. The van der Waals surface area contributed by atoms with E-state index in [1.54, 1.807) is 24.1 Å². The average Bonchev–Trinajstić information content (AvgIpc) is 3.25. The van der Waals surface area contributed by atoms with Crippen molar-refractivity contribution in [3.8, 4) is 11.4 Å². The molecule has 1 aliphatic heterocycles. The van der Waals surface area contributed by atoms with Gasteiger partial charge in [0.15, 0.2) is 0 Å². The van der Waals surface area contributed by atoms with Crippen molar-refractivity contribution in [2.45, 2.75) is 12.5 Å². The first kappa shape index (κ1) is 15.5. The highest BCUT2D eigenvalue weighted by molar-refractivity contribution is 7.99. The molecular weight excluding hydrogens is 316 g/mol. The van der Waals surface area contributed by atoms with Gasteiger partial charge in [0.25, 0.3) is 11.6 Å². The Morgan fingerprint density at radius 1 is 1.52 bits per heavy atom. The molecule has 7 nitrogen and oxygen atoms in total. The lowest BCUT2D eigenvalue weighted by Crippen LogP contribution is -2.37. The Labute approximate surface area is 137 Å². The fraction of sp³-hybridized carbons (Fsp3) is 0.333. The van der Waals surface area contributed by atoms with Gasteiger partial charge in [-0.2, -0.15) is 11.8 Å². The number of aromatic nitrogens is 2. The van der Waals surface area contributed by atoms with E-state index < -0.39 is 4.92 Å². The molecule has 1 aromatic heterocycles. The number of nitro groups is 1. The van der Waals surface area contributed by atoms with Crippen LogP contribution in [-0.4, -0.2) is 50.3 Å². The molecule has 8 heteroatoms.